The maximum atomic E-state index is 5.45. The molecule has 1 aromatic rings. The molecule has 0 aromatic heterocycles. The van der Waals surface area contributed by atoms with Gasteiger partial charge in [0.05, 0.1) is 13.2 Å². The second-order valence-corrected chi connectivity index (χ2v) is 7.16. The van der Waals surface area contributed by atoms with Gasteiger partial charge in [0.2, 0.25) is 0 Å². The highest BCUT2D eigenvalue weighted by atomic mass is 79.9. The largest absolute Gasteiger partial charge is 0.381 e. The molecule has 1 fully saturated rings. The number of ether oxygens (including phenoxy) is 1. The molecule has 1 atom stereocenters. The number of hydrogen-bond acceptors (Lipinski definition) is 2. The van der Waals surface area contributed by atoms with Crippen molar-refractivity contribution in [1.82, 2.24) is 4.90 Å². The molecule has 0 radical (unpaired) electrons. The van der Waals surface area contributed by atoms with Gasteiger partial charge in [0.1, 0.15) is 0 Å². The van der Waals surface area contributed by atoms with Crippen LogP contribution in [0.3, 0.4) is 0 Å². The Morgan fingerprint density at radius 2 is 2.00 bits per heavy atom. The average molecular weight is 350 g/mol. The first-order chi connectivity index (χ1) is 10.2. The van der Waals surface area contributed by atoms with Gasteiger partial charge in [-0.1, -0.05) is 52.7 Å². The molecule has 3 heteroatoms. The van der Waals surface area contributed by atoms with Crippen LogP contribution in [0, 0.1) is 0 Å². The minimum absolute atomic E-state index is 0.615. The third-order valence-electron chi connectivity index (χ3n) is 4.66. The summed E-state index contributed by atoms with van der Waals surface area (Å²) < 4.78 is 6.84. The van der Waals surface area contributed by atoms with Gasteiger partial charge < -0.3 is 4.74 Å². The van der Waals surface area contributed by atoms with E-state index >= 15 is 0 Å². The second kappa shape index (κ2) is 7.08. The van der Waals surface area contributed by atoms with Crippen LogP contribution in [0.2, 0.25) is 0 Å². The number of hydrogen-bond donors (Lipinski definition) is 0. The second-order valence-electron chi connectivity index (χ2n) is 6.21. The number of nitrogens with zero attached hydrogens (tertiary/aromatic N) is 1. The van der Waals surface area contributed by atoms with Crippen molar-refractivity contribution < 1.29 is 4.74 Å². The Morgan fingerprint density at radius 3 is 2.81 bits per heavy atom. The molecule has 0 aliphatic carbocycles. The minimum Gasteiger partial charge on any atom is -0.381 e. The van der Waals surface area contributed by atoms with E-state index in [4.69, 9.17) is 4.74 Å². The van der Waals surface area contributed by atoms with E-state index < -0.39 is 0 Å². The Bertz CT molecular complexity index is 518. The van der Waals surface area contributed by atoms with Gasteiger partial charge in [-0.3, -0.25) is 4.90 Å². The fraction of sp³-hybridized carbons (Fsp3) is 0.556. The van der Waals surface area contributed by atoms with E-state index in [9.17, 15) is 0 Å². The van der Waals surface area contributed by atoms with Crippen LogP contribution in [0.5, 0.6) is 0 Å². The third kappa shape index (κ3) is 3.77. The normalized spacial score (nSPS) is 23.5. The number of benzene rings is 1. The number of fused-ring (bicyclic) bond motifs is 1. The van der Waals surface area contributed by atoms with Crippen LogP contribution in [0.1, 0.15) is 36.8 Å². The zero-order valence-corrected chi connectivity index (χ0v) is 14.4. The molecule has 0 N–H and O–H groups in total. The van der Waals surface area contributed by atoms with Gasteiger partial charge in [-0.2, -0.15) is 0 Å². The van der Waals surface area contributed by atoms with Crippen LogP contribution in [0.15, 0.2) is 34.3 Å². The van der Waals surface area contributed by atoms with Crippen molar-refractivity contribution in [2.24, 2.45) is 0 Å². The van der Waals surface area contributed by atoms with Crippen molar-refractivity contribution in [3.8, 4) is 0 Å². The Labute approximate surface area is 136 Å². The molecule has 114 valence electrons. The molecule has 2 aliphatic heterocycles. The molecule has 2 nitrogen and oxygen atoms in total. The Hall–Kier alpha value is -0.640. The Kier molecular flexibility index (Phi) is 5.15. The maximum absolute atomic E-state index is 5.45. The van der Waals surface area contributed by atoms with E-state index in [1.807, 2.05) is 0 Å². The summed E-state index contributed by atoms with van der Waals surface area (Å²) in [5.74, 6) is 0.615. The lowest BCUT2D eigenvalue weighted by molar-refractivity contribution is 0.118. The summed E-state index contributed by atoms with van der Waals surface area (Å²) in [6.07, 6.45) is 3.34. The van der Waals surface area contributed by atoms with E-state index in [-0.39, 0.29) is 0 Å². The molecule has 1 saturated heterocycles. The first-order valence-corrected chi connectivity index (χ1v) is 8.77. The van der Waals surface area contributed by atoms with Crippen molar-refractivity contribution in [3.63, 3.8) is 0 Å². The smallest absolute Gasteiger partial charge is 0.0503 e. The van der Waals surface area contributed by atoms with E-state index in [2.05, 4.69) is 52.0 Å². The molecule has 0 spiro atoms. The molecular weight excluding hydrogens is 326 g/mol. The highest BCUT2D eigenvalue weighted by Gasteiger charge is 2.20. The summed E-state index contributed by atoms with van der Waals surface area (Å²) in [6, 6.07) is 8.93. The maximum Gasteiger partial charge on any atom is 0.0503 e. The lowest BCUT2D eigenvalue weighted by Gasteiger charge is -2.25. The van der Waals surface area contributed by atoms with Crippen molar-refractivity contribution in [1.29, 1.82) is 0 Å². The summed E-state index contributed by atoms with van der Waals surface area (Å²) in [5, 5.41) is 0. The number of halogens is 1. The Balaban J connectivity index is 1.68. The minimum atomic E-state index is 0.615. The zero-order valence-electron chi connectivity index (χ0n) is 12.8. The molecule has 21 heavy (non-hydrogen) atoms. The predicted octanol–water partition coefficient (Wildman–Crippen LogP) is 4.11. The monoisotopic (exact) mass is 349 g/mol. The van der Waals surface area contributed by atoms with E-state index in [0.29, 0.717) is 5.92 Å². The van der Waals surface area contributed by atoms with Crippen LogP contribution in [0.4, 0.5) is 0 Å². The highest BCUT2D eigenvalue weighted by molar-refractivity contribution is 9.11. The van der Waals surface area contributed by atoms with Crippen molar-refractivity contribution >= 4 is 15.9 Å². The topological polar surface area (TPSA) is 12.5 Å². The van der Waals surface area contributed by atoms with E-state index in [0.717, 1.165) is 45.7 Å². The molecule has 0 bridgehead atoms. The molecule has 2 aliphatic rings. The lowest BCUT2D eigenvalue weighted by Crippen LogP contribution is -2.29. The first-order valence-electron chi connectivity index (χ1n) is 7.98. The van der Waals surface area contributed by atoms with Crippen LogP contribution < -0.4 is 0 Å². The predicted molar refractivity (Wildman–Crippen MR) is 91.0 cm³/mol. The average Bonchev–Trinajstić information content (AvgIpc) is 2.68. The molecular formula is C18H24BrNO. The zero-order chi connectivity index (χ0) is 14.7. The van der Waals surface area contributed by atoms with E-state index in [1.54, 1.807) is 5.57 Å². The van der Waals surface area contributed by atoms with E-state index in [1.165, 1.54) is 22.0 Å². The molecule has 1 unspecified atom stereocenters. The van der Waals surface area contributed by atoms with Crippen molar-refractivity contribution in [3.05, 3.63) is 45.4 Å². The molecule has 0 amide bonds. The van der Waals surface area contributed by atoms with Gasteiger partial charge in [0, 0.05) is 24.1 Å². The first kappa shape index (κ1) is 15.3. The van der Waals surface area contributed by atoms with Gasteiger partial charge in [0.15, 0.2) is 0 Å². The lowest BCUT2D eigenvalue weighted by atomic mass is 9.96. The quantitative estimate of drug-likeness (QED) is 0.796. The molecule has 1 aromatic carbocycles. The van der Waals surface area contributed by atoms with Gasteiger partial charge in [0.25, 0.3) is 0 Å². The fourth-order valence-electron chi connectivity index (χ4n) is 3.44. The summed E-state index contributed by atoms with van der Waals surface area (Å²) in [4.78, 5) is 2.59. The number of rotatable bonds is 2. The summed E-state index contributed by atoms with van der Waals surface area (Å²) in [7, 11) is 0. The standard InChI is InChI=1S/C18H24BrNO/c1-14-12-20(9-6-15-4-2-3-5-17(14)15)13-18(19)16-7-10-21-11-8-16/h2-5,14H,6-13H2,1H3. The summed E-state index contributed by atoms with van der Waals surface area (Å²) in [6.45, 7) is 7.47. The van der Waals surface area contributed by atoms with Crippen molar-refractivity contribution in [2.45, 2.75) is 32.1 Å². The molecule has 3 rings (SSSR count). The highest BCUT2D eigenvalue weighted by Crippen LogP contribution is 2.28. The molecule has 0 saturated carbocycles. The van der Waals surface area contributed by atoms with Crippen LogP contribution >= 0.6 is 15.9 Å². The van der Waals surface area contributed by atoms with Gasteiger partial charge >= 0.3 is 0 Å². The molecule has 2 heterocycles. The van der Waals surface area contributed by atoms with Crippen LogP contribution in [-0.4, -0.2) is 37.7 Å². The van der Waals surface area contributed by atoms with Crippen molar-refractivity contribution in [2.75, 3.05) is 32.8 Å². The van der Waals surface area contributed by atoms with Gasteiger partial charge in [-0.05, 0) is 36.3 Å². The fourth-order valence-corrected chi connectivity index (χ4v) is 4.19. The van der Waals surface area contributed by atoms with Gasteiger partial charge in [-0.25, -0.2) is 0 Å². The Morgan fingerprint density at radius 1 is 1.24 bits per heavy atom. The van der Waals surface area contributed by atoms with Gasteiger partial charge in [-0.15, -0.1) is 0 Å². The summed E-state index contributed by atoms with van der Waals surface area (Å²) in [5.41, 5.74) is 4.62. The van der Waals surface area contributed by atoms with Crippen LogP contribution in [0.25, 0.3) is 0 Å². The third-order valence-corrected chi connectivity index (χ3v) is 5.47. The summed E-state index contributed by atoms with van der Waals surface area (Å²) >= 11 is 3.84. The van der Waals surface area contributed by atoms with Crippen LogP contribution in [-0.2, 0) is 11.2 Å². The SMILES string of the molecule is CC1CN(CC(Br)=C2CCOCC2)CCc2ccccc21.